The zero-order valence-electron chi connectivity index (χ0n) is 33.2. The number of hydrogen-bond donors (Lipinski definition) is 5. The molecule has 2 unspecified atom stereocenters. The van der Waals surface area contributed by atoms with E-state index in [0.29, 0.717) is 40.6 Å². The average molecular weight is 884 g/mol. The number of amides is 5. The lowest BCUT2D eigenvalue weighted by atomic mass is 9.86. The number of piperidine rings is 1. The van der Waals surface area contributed by atoms with Crippen molar-refractivity contribution in [3.63, 3.8) is 0 Å². The highest BCUT2D eigenvalue weighted by Gasteiger charge is 2.46. The molecule has 3 aromatic carbocycles. The Kier molecular flexibility index (Phi) is 11.0. The van der Waals surface area contributed by atoms with Crippen LogP contribution in [0.5, 0.6) is 5.75 Å². The number of anilines is 3. The molecular formula is C42H36F3N9O8S. The molecule has 0 radical (unpaired) electrons. The third-order valence-electron chi connectivity index (χ3n) is 10.9. The van der Waals surface area contributed by atoms with Crippen molar-refractivity contribution in [3.05, 3.63) is 94.9 Å². The molecule has 1 aliphatic carbocycles. The van der Waals surface area contributed by atoms with E-state index in [0.717, 1.165) is 4.90 Å². The zero-order chi connectivity index (χ0) is 44.9. The highest BCUT2D eigenvalue weighted by molar-refractivity contribution is 7.93. The number of alkyl halides is 2. The topological polar surface area (TPSA) is 237 Å². The predicted molar refractivity (Wildman–Crippen MR) is 221 cm³/mol. The first-order valence-corrected chi connectivity index (χ1v) is 20.9. The quantitative estimate of drug-likeness (QED) is 0.0937. The van der Waals surface area contributed by atoms with Gasteiger partial charge in [-0.25, -0.2) is 17.8 Å². The first-order chi connectivity index (χ1) is 30.0. The molecule has 63 heavy (non-hydrogen) atoms. The van der Waals surface area contributed by atoms with Gasteiger partial charge in [-0.05, 0) is 68.1 Å². The van der Waals surface area contributed by atoms with Crippen LogP contribution in [-0.4, -0.2) is 81.5 Å². The Hall–Kier alpha value is -7.47. The number of carbonyl (C=O) groups excluding carboxylic acids is 5. The summed E-state index contributed by atoms with van der Waals surface area (Å²) in [6.45, 7) is 1.61. The number of imide groups is 2. The molecule has 17 nitrogen and oxygen atoms in total. The van der Waals surface area contributed by atoms with E-state index in [1.54, 1.807) is 26.1 Å². The Bertz CT molecular complexity index is 2930. The number of hydrogen-bond acceptors (Lipinski definition) is 12. The molecule has 21 heteroatoms. The van der Waals surface area contributed by atoms with Crippen molar-refractivity contribution in [3.8, 4) is 28.8 Å². The van der Waals surface area contributed by atoms with Gasteiger partial charge in [0.25, 0.3) is 27.7 Å². The Morgan fingerprint density at radius 1 is 1.02 bits per heavy atom. The molecule has 8 rings (SSSR count). The van der Waals surface area contributed by atoms with Gasteiger partial charge >= 0.3 is 5.76 Å². The monoisotopic (exact) mass is 883 g/mol. The maximum absolute atomic E-state index is 13.6. The molecular weight excluding hydrogens is 848 g/mol. The van der Waals surface area contributed by atoms with Crippen molar-refractivity contribution in [2.24, 2.45) is 7.05 Å². The van der Waals surface area contributed by atoms with Gasteiger partial charge in [-0.15, -0.1) is 0 Å². The van der Waals surface area contributed by atoms with Crippen LogP contribution in [0.3, 0.4) is 0 Å². The van der Waals surface area contributed by atoms with Crippen LogP contribution in [0.15, 0.2) is 66.9 Å². The number of fused-ring (bicyclic) bond motifs is 2. The Morgan fingerprint density at radius 2 is 1.76 bits per heavy atom. The van der Waals surface area contributed by atoms with Crippen molar-refractivity contribution in [2.45, 2.75) is 62.6 Å². The summed E-state index contributed by atoms with van der Waals surface area (Å²) in [5.41, 5.74) is 8.50. The zero-order valence-corrected chi connectivity index (χ0v) is 34.1. The molecule has 2 aliphatic heterocycles. The minimum Gasteiger partial charge on any atom is -0.484 e. The smallest absolute Gasteiger partial charge is 0.355 e. The molecule has 2 aromatic heterocycles. The highest BCUT2D eigenvalue weighted by Crippen LogP contribution is 2.39. The standard InChI is InChI=1S/C42H36F3N9O8S/c1-20(21-6-10-24(43)11-7-21)62-31-16-22(8-12-28(31)52-63(60,61)42(44)45)36-35-37(53(2)51-36)23(19-47-38(35)46)9-14-32(55)49-26-17-25(18-26)48-29-5-3-4-27-34(29)41(59)54(40(27)58)30-13-15-33(56)50-39(30)57/h3-8,10-12,16,19-20,25-26,30,42,48,52H,13,15,17-18H2,1-2H3,(H2,46,47)(H,49,55)(H,50,56,57). The van der Waals surface area contributed by atoms with Gasteiger partial charge in [-0.2, -0.15) is 13.9 Å². The Labute approximate surface area is 356 Å². The van der Waals surface area contributed by atoms with Crippen LogP contribution in [0.1, 0.15) is 70.6 Å². The largest absolute Gasteiger partial charge is 0.484 e. The van der Waals surface area contributed by atoms with E-state index < -0.39 is 63.3 Å². The number of sulfonamides is 1. The molecule has 5 aromatic rings. The van der Waals surface area contributed by atoms with Crippen molar-refractivity contribution in [1.29, 1.82) is 0 Å². The summed E-state index contributed by atoms with van der Waals surface area (Å²) >= 11 is 0. The summed E-state index contributed by atoms with van der Waals surface area (Å²) in [4.78, 5) is 69.0. The summed E-state index contributed by atoms with van der Waals surface area (Å²) in [6, 6.07) is 12.6. The van der Waals surface area contributed by atoms with Crippen LogP contribution in [-0.2, 0) is 31.5 Å². The van der Waals surface area contributed by atoms with Crippen LogP contribution in [0.2, 0.25) is 0 Å². The molecule has 1 saturated carbocycles. The second-order valence-electron chi connectivity index (χ2n) is 15.1. The summed E-state index contributed by atoms with van der Waals surface area (Å²) in [5, 5.41) is 13.2. The van der Waals surface area contributed by atoms with Crippen LogP contribution < -0.4 is 31.1 Å². The fourth-order valence-corrected chi connectivity index (χ4v) is 8.29. The number of nitrogen functional groups attached to an aromatic ring is 1. The maximum Gasteiger partial charge on any atom is 0.355 e. The number of rotatable bonds is 11. The van der Waals surface area contributed by atoms with E-state index >= 15 is 0 Å². The number of halogens is 3. The molecule has 1 saturated heterocycles. The second kappa shape index (κ2) is 16.4. The minimum absolute atomic E-state index is 0.00111. The first-order valence-electron chi connectivity index (χ1n) is 19.4. The van der Waals surface area contributed by atoms with Gasteiger partial charge in [-0.1, -0.05) is 30.2 Å². The SMILES string of the molecule is CC(Oc1cc(-c2nn(C)c3c(C#CC(=O)NC4CC(Nc5cccc6c5C(=O)N(C5CCC(=O)NC5=O)C6=O)C4)cnc(N)c23)ccc1NS(=O)(=O)C(F)F)c1ccc(F)cc1. The number of carbonyl (C=O) groups is 5. The van der Waals surface area contributed by atoms with Crippen LogP contribution in [0.4, 0.5) is 30.4 Å². The highest BCUT2D eigenvalue weighted by atomic mass is 32.2. The van der Waals surface area contributed by atoms with Crippen molar-refractivity contribution in [1.82, 2.24) is 30.3 Å². The van der Waals surface area contributed by atoms with E-state index in [1.807, 2.05) is 4.72 Å². The molecule has 6 N–H and O–H groups in total. The lowest BCUT2D eigenvalue weighted by Crippen LogP contribution is -2.54. The number of aromatic nitrogens is 3. The van der Waals surface area contributed by atoms with Gasteiger partial charge in [-0.3, -0.25) is 43.6 Å². The third kappa shape index (κ3) is 8.19. The van der Waals surface area contributed by atoms with E-state index in [-0.39, 0.29) is 64.6 Å². The van der Waals surface area contributed by atoms with Crippen molar-refractivity contribution >= 4 is 67.7 Å². The van der Waals surface area contributed by atoms with Crippen molar-refractivity contribution in [2.75, 3.05) is 15.8 Å². The minimum atomic E-state index is -5.10. The number of nitrogens with two attached hydrogens (primary N) is 1. The molecule has 2 fully saturated rings. The Balaban J connectivity index is 0.969. The van der Waals surface area contributed by atoms with Crippen LogP contribution in [0.25, 0.3) is 22.2 Å². The van der Waals surface area contributed by atoms with Gasteiger partial charge in [0.1, 0.15) is 35.2 Å². The van der Waals surface area contributed by atoms with E-state index in [2.05, 4.69) is 37.9 Å². The molecule has 3 aliphatic rings. The van der Waals surface area contributed by atoms with E-state index in [1.165, 1.54) is 59.4 Å². The van der Waals surface area contributed by atoms with E-state index in [4.69, 9.17) is 10.5 Å². The number of benzene rings is 3. The molecule has 2 atom stereocenters. The van der Waals surface area contributed by atoms with Gasteiger partial charge in [0.05, 0.1) is 33.3 Å². The van der Waals surface area contributed by atoms with Gasteiger partial charge in [0.15, 0.2) is 0 Å². The first kappa shape index (κ1) is 42.2. The number of nitrogens with one attached hydrogen (secondary N) is 4. The number of nitrogens with zero attached hydrogens (tertiary/aromatic N) is 4. The predicted octanol–water partition coefficient (Wildman–Crippen LogP) is 3.97. The Morgan fingerprint density at radius 3 is 2.48 bits per heavy atom. The third-order valence-corrected chi connectivity index (χ3v) is 11.9. The lowest BCUT2D eigenvalue weighted by molar-refractivity contribution is -0.136. The summed E-state index contributed by atoms with van der Waals surface area (Å²) < 4.78 is 74.1. The molecule has 4 heterocycles. The van der Waals surface area contributed by atoms with Gasteiger partial charge < -0.3 is 21.1 Å². The summed E-state index contributed by atoms with van der Waals surface area (Å²) in [5.74, 6) is -1.96. The van der Waals surface area contributed by atoms with Crippen molar-refractivity contribution < 1.29 is 50.3 Å². The average Bonchev–Trinajstić information content (AvgIpc) is 3.71. The second-order valence-corrected chi connectivity index (χ2v) is 16.7. The van der Waals surface area contributed by atoms with Gasteiger partial charge in [0.2, 0.25) is 11.8 Å². The lowest BCUT2D eigenvalue weighted by Gasteiger charge is -2.36. The fourth-order valence-electron chi connectivity index (χ4n) is 7.72. The summed E-state index contributed by atoms with van der Waals surface area (Å²) in [6.07, 6.45) is 1.54. The van der Waals surface area contributed by atoms with Crippen LogP contribution in [0, 0.1) is 17.7 Å². The molecule has 324 valence electrons. The summed E-state index contributed by atoms with van der Waals surface area (Å²) in [7, 11) is -3.50. The maximum atomic E-state index is 13.6. The number of pyridine rings is 1. The molecule has 5 amide bonds. The number of ether oxygens (including phenoxy) is 1. The van der Waals surface area contributed by atoms with Crippen LogP contribution >= 0.6 is 0 Å². The molecule has 0 spiro atoms. The normalized spacial score (nSPS) is 18.9. The molecule has 0 bridgehead atoms. The number of aryl methyl sites for hydroxylation is 1. The van der Waals surface area contributed by atoms with E-state index in [9.17, 15) is 45.6 Å². The van der Waals surface area contributed by atoms with Gasteiger partial charge in [0, 0.05) is 48.9 Å². The fraction of sp³-hybridized carbons (Fsp3) is 0.262.